The molecule has 0 bridgehead atoms. The van der Waals surface area contributed by atoms with Gasteiger partial charge in [0.05, 0.1) is 13.7 Å². The van der Waals surface area contributed by atoms with Gasteiger partial charge in [-0.15, -0.1) is 5.10 Å². The van der Waals surface area contributed by atoms with Gasteiger partial charge in [-0.1, -0.05) is 12.1 Å². The van der Waals surface area contributed by atoms with Crippen LogP contribution < -0.4 is 16.2 Å². The summed E-state index contributed by atoms with van der Waals surface area (Å²) in [5.41, 5.74) is 8.06. The summed E-state index contributed by atoms with van der Waals surface area (Å²) in [5, 5.41) is 4.31. The minimum Gasteiger partial charge on any atom is -0.496 e. The SMILES string of the molecule is COc1ccc(Cn2nc3ccccn3c2=O)cc1CN. The Bertz CT molecular complexity index is 835. The van der Waals surface area contributed by atoms with Crippen LogP contribution in [0.2, 0.25) is 0 Å². The number of ether oxygens (including phenoxy) is 1. The van der Waals surface area contributed by atoms with E-state index >= 15 is 0 Å². The zero-order valence-corrected chi connectivity index (χ0v) is 11.7. The number of pyridine rings is 1. The highest BCUT2D eigenvalue weighted by Gasteiger charge is 2.08. The first-order chi connectivity index (χ1) is 10.2. The maximum atomic E-state index is 12.2. The van der Waals surface area contributed by atoms with Crippen molar-refractivity contribution in [2.24, 2.45) is 5.73 Å². The summed E-state index contributed by atoms with van der Waals surface area (Å²) in [7, 11) is 1.61. The van der Waals surface area contributed by atoms with Crippen molar-refractivity contribution in [2.45, 2.75) is 13.1 Å². The smallest absolute Gasteiger partial charge is 0.350 e. The number of methoxy groups -OCH3 is 1. The van der Waals surface area contributed by atoms with E-state index < -0.39 is 0 Å². The lowest BCUT2D eigenvalue weighted by atomic mass is 10.1. The van der Waals surface area contributed by atoms with Gasteiger partial charge in [0, 0.05) is 18.3 Å². The second kappa shape index (κ2) is 5.41. The molecular formula is C15H16N4O2. The van der Waals surface area contributed by atoms with E-state index in [1.165, 1.54) is 9.08 Å². The van der Waals surface area contributed by atoms with E-state index in [1.54, 1.807) is 25.4 Å². The third kappa shape index (κ3) is 2.41. The molecule has 0 radical (unpaired) electrons. The minimum atomic E-state index is -0.157. The van der Waals surface area contributed by atoms with Gasteiger partial charge in [0.15, 0.2) is 5.65 Å². The Morgan fingerprint density at radius 1 is 1.29 bits per heavy atom. The first-order valence-corrected chi connectivity index (χ1v) is 6.63. The highest BCUT2D eigenvalue weighted by Crippen LogP contribution is 2.19. The Balaban J connectivity index is 1.99. The van der Waals surface area contributed by atoms with Crippen LogP contribution in [0.25, 0.3) is 5.65 Å². The monoisotopic (exact) mass is 284 g/mol. The summed E-state index contributed by atoms with van der Waals surface area (Å²) in [5.74, 6) is 0.753. The van der Waals surface area contributed by atoms with Crippen molar-refractivity contribution in [2.75, 3.05) is 7.11 Å². The summed E-state index contributed by atoms with van der Waals surface area (Å²) in [4.78, 5) is 12.2. The van der Waals surface area contributed by atoms with Gasteiger partial charge in [0.25, 0.3) is 0 Å². The molecule has 0 aliphatic rings. The van der Waals surface area contributed by atoms with Crippen LogP contribution in [-0.4, -0.2) is 21.3 Å². The first-order valence-electron chi connectivity index (χ1n) is 6.63. The largest absolute Gasteiger partial charge is 0.496 e. The second-order valence-corrected chi connectivity index (χ2v) is 4.72. The molecule has 0 saturated heterocycles. The molecule has 2 aromatic heterocycles. The molecule has 0 atom stereocenters. The molecule has 2 heterocycles. The van der Waals surface area contributed by atoms with Gasteiger partial charge >= 0.3 is 5.69 Å². The molecule has 3 rings (SSSR count). The number of hydrogen-bond acceptors (Lipinski definition) is 4. The lowest BCUT2D eigenvalue weighted by molar-refractivity contribution is 0.409. The van der Waals surface area contributed by atoms with Crippen LogP contribution >= 0.6 is 0 Å². The Morgan fingerprint density at radius 3 is 2.86 bits per heavy atom. The molecule has 6 heteroatoms. The fraction of sp³-hybridized carbons (Fsp3) is 0.200. The van der Waals surface area contributed by atoms with Crippen LogP contribution in [0.3, 0.4) is 0 Å². The van der Waals surface area contributed by atoms with Gasteiger partial charge in [-0.25, -0.2) is 9.48 Å². The van der Waals surface area contributed by atoms with E-state index in [4.69, 9.17) is 10.5 Å². The fourth-order valence-electron chi connectivity index (χ4n) is 2.33. The molecular weight excluding hydrogens is 268 g/mol. The van der Waals surface area contributed by atoms with Gasteiger partial charge in [-0.05, 0) is 29.8 Å². The van der Waals surface area contributed by atoms with E-state index in [0.717, 1.165) is 16.9 Å². The third-order valence-electron chi connectivity index (χ3n) is 3.39. The zero-order chi connectivity index (χ0) is 14.8. The topological polar surface area (TPSA) is 74.5 Å². The number of nitrogens with two attached hydrogens (primary N) is 1. The van der Waals surface area contributed by atoms with Crippen LogP contribution in [0.15, 0.2) is 47.4 Å². The molecule has 3 aromatic rings. The predicted molar refractivity (Wildman–Crippen MR) is 79.4 cm³/mol. The Kier molecular flexibility index (Phi) is 3.45. The Labute approximate surface area is 121 Å². The summed E-state index contributed by atoms with van der Waals surface area (Å²) in [6.07, 6.45) is 1.71. The molecule has 0 saturated carbocycles. The highest BCUT2D eigenvalue weighted by atomic mass is 16.5. The van der Waals surface area contributed by atoms with Crippen molar-refractivity contribution in [1.82, 2.24) is 14.2 Å². The van der Waals surface area contributed by atoms with Crippen molar-refractivity contribution in [3.63, 3.8) is 0 Å². The van der Waals surface area contributed by atoms with Crippen molar-refractivity contribution in [1.29, 1.82) is 0 Å². The molecule has 0 amide bonds. The molecule has 108 valence electrons. The average molecular weight is 284 g/mol. The van der Waals surface area contributed by atoms with Crippen LogP contribution in [0, 0.1) is 0 Å². The maximum absolute atomic E-state index is 12.2. The molecule has 0 aliphatic heterocycles. The quantitative estimate of drug-likeness (QED) is 0.776. The standard InChI is InChI=1S/C15H16N4O2/c1-21-13-6-5-11(8-12(13)9-16)10-19-15(20)18-7-3-2-4-14(18)17-19/h2-8H,9-10,16H2,1H3. The van der Waals surface area contributed by atoms with Crippen LogP contribution in [0.1, 0.15) is 11.1 Å². The van der Waals surface area contributed by atoms with Gasteiger partial charge < -0.3 is 10.5 Å². The number of benzene rings is 1. The predicted octanol–water partition coefficient (Wildman–Crippen LogP) is 1.01. The Morgan fingerprint density at radius 2 is 2.14 bits per heavy atom. The molecule has 0 aliphatic carbocycles. The van der Waals surface area contributed by atoms with Gasteiger partial charge in [0.2, 0.25) is 0 Å². The van der Waals surface area contributed by atoms with Crippen molar-refractivity contribution in [3.05, 3.63) is 64.2 Å². The number of rotatable bonds is 4. The van der Waals surface area contributed by atoms with E-state index in [1.807, 2.05) is 24.3 Å². The lowest BCUT2D eigenvalue weighted by Gasteiger charge is -2.08. The van der Waals surface area contributed by atoms with E-state index in [0.29, 0.717) is 18.7 Å². The highest BCUT2D eigenvalue weighted by molar-refractivity contribution is 5.38. The lowest BCUT2D eigenvalue weighted by Crippen LogP contribution is -2.21. The molecule has 0 fully saturated rings. The van der Waals surface area contributed by atoms with Gasteiger partial charge in [0.1, 0.15) is 5.75 Å². The zero-order valence-electron chi connectivity index (χ0n) is 11.7. The van der Waals surface area contributed by atoms with Gasteiger partial charge in [-0.3, -0.25) is 4.40 Å². The Hall–Kier alpha value is -2.60. The average Bonchev–Trinajstić information content (AvgIpc) is 2.84. The molecule has 2 N–H and O–H groups in total. The van der Waals surface area contributed by atoms with E-state index in [2.05, 4.69) is 5.10 Å². The molecule has 6 nitrogen and oxygen atoms in total. The van der Waals surface area contributed by atoms with E-state index in [-0.39, 0.29) is 5.69 Å². The summed E-state index contributed by atoms with van der Waals surface area (Å²) in [6.45, 7) is 0.786. The van der Waals surface area contributed by atoms with Crippen molar-refractivity contribution < 1.29 is 4.74 Å². The number of hydrogen-bond donors (Lipinski definition) is 1. The normalized spacial score (nSPS) is 11.0. The molecule has 21 heavy (non-hydrogen) atoms. The molecule has 0 unspecified atom stereocenters. The van der Waals surface area contributed by atoms with Gasteiger partial charge in [-0.2, -0.15) is 0 Å². The van der Waals surface area contributed by atoms with Crippen LogP contribution in [0.5, 0.6) is 5.75 Å². The fourth-order valence-corrected chi connectivity index (χ4v) is 2.33. The van der Waals surface area contributed by atoms with Crippen LogP contribution in [-0.2, 0) is 13.1 Å². The maximum Gasteiger partial charge on any atom is 0.350 e. The third-order valence-corrected chi connectivity index (χ3v) is 3.39. The van der Waals surface area contributed by atoms with Crippen LogP contribution in [0.4, 0.5) is 0 Å². The number of fused-ring (bicyclic) bond motifs is 1. The first kappa shape index (κ1) is 13.4. The van der Waals surface area contributed by atoms with E-state index in [9.17, 15) is 4.79 Å². The van der Waals surface area contributed by atoms with Crippen molar-refractivity contribution in [3.8, 4) is 5.75 Å². The minimum absolute atomic E-state index is 0.157. The second-order valence-electron chi connectivity index (χ2n) is 4.72. The number of nitrogens with zero attached hydrogens (tertiary/aromatic N) is 3. The summed E-state index contributed by atoms with van der Waals surface area (Å²) >= 11 is 0. The molecule has 0 spiro atoms. The van der Waals surface area contributed by atoms with Crippen molar-refractivity contribution >= 4 is 5.65 Å². The summed E-state index contributed by atoms with van der Waals surface area (Å²) < 4.78 is 8.21. The number of aromatic nitrogens is 3. The summed E-state index contributed by atoms with van der Waals surface area (Å²) in [6, 6.07) is 11.2. The molecule has 1 aromatic carbocycles.